The lowest BCUT2D eigenvalue weighted by molar-refractivity contribution is -0.134. The van der Waals surface area contributed by atoms with Crippen LogP contribution in [0.1, 0.15) is 31.4 Å². The Morgan fingerprint density at radius 2 is 1.51 bits per heavy atom. The average molecular weight is 478 g/mol. The summed E-state index contributed by atoms with van der Waals surface area (Å²) in [5.74, 6) is -1.20. The normalized spacial score (nSPS) is 13.0. The van der Waals surface area contributed by atoms with Gasteiger partial charge in [0.2, 0.25) is 11.8 Å². The molecule has 8 nitrogen and oxygen atoms in total. The number of aromatic nitrogens is 1. The van der Waals surface area contributed by atoms with E-state index in [4.69, 9.17) is 0 Å². The van der Waals surface area contributed by atoms with Crippen LogP contribution in [0.25, 0.3) is 10.9 Å². The van der Waals surface area contributed by atoms with Gasteiger partial charge in [-0.15, -0.1) is 0 Å². The highest BCUT2D eigenvalue weighted by Gasteiger charge is 2.28. The first-order valence-corrected chi connectivity index (χ1v) is 11.9. The monoisotopic (exact) mass is 477 g/mol. The number of nitrogens with one attached hydrogen (secondary N) is 4. The molecule has 8 heteroatoms. The van der Waals surface area contributed by atoms with Gasteiger partial charge in [0.05, 0.1) is 0 Å². The van der Waals surface area contributed by atoms with Crippen LogP contribution in [0.5, 0.6) is 0 Å². The zero-order valence-corrected chi connectivity index (χ0v) is 20.8. The number of carbonyl (C=O) groups excluding carboxylic acids is 3. The number of aryl methyl sites for hydroxylation is 1. The first-order chi connectivity index (χ1) is 16.7. The molecule has 1 aromatic heterocycles. The van der Waals surface area contributed by atoms with Gasteiger partial charge < -0.3 is 15.6 Å². The average Bonchev–Trinajstić information content (AvgIpc) is 3.24. The minimum atomic E-state index is -0.824. The molecule has 0 aliphatic carbocycles. The van der Waals surface area contributed by atoms with Crippen molar-refractivity contribution < 1.29 is 14.4 Å². The maximum absolute atomic E-state index is 13.4. The van der Waals surface area contributed by atoms with Gasteiger partial charge >= 0.3 is 0 Å². The Hall–Kier alpha value is -3.65. The standard InChI is InChI=1S/C27H35N5O3/c1-18(2)25(33)30-24(16-20-17-28-22-13-9-8-12-21(20)22)26(34)29-23(27(35)31-32(3)4)15-14-19-10-6-5-7-11-19/h5-13,17-18,23-24,28H,14-16H2,1-4H3,(H,29,34)(H,30,33)(H,31,35)/t23?,24-/m1/s1. The third-order valence-corrected chi connectivity index (χ3v) is 5.79. The molecule has 2 aromatic carbocycles. The second kappa shape index (κ2) is 12.2. The van der Waals surface area contributed by atoms with Gasteiger partial charge in [-0.1, -0.05) is 62.4 Å². The van der Waals surface area contributed by atoms with Crippen LogP contribution in [0.3, 0.4) is 0 Å². The van der Waals surface area contributed by atoms with Crippen LogP contribution in [0.15, 0.2) is 60.8 Å². The van der Waals surface area contributed by atoms with E-state index in [2.05, 4.69) is 21.0 Å². The molecule has 0 bridgehead atoms. The maximum Gasteiger partial charge on any atom is 0.256 e. The quantitative estimate of drug-likeness (QED) is 0.319. The number of amides is 3. The number of hydrogen-bond donors (Lipinski definition) is 4. The Morgan fingerprint density at radius 3 is 2.20 bits per heavy atom. The Bertz CT molecular complexity index is 1140. The summed E-state index contributed by atoms with van der Waals surface area (Å²) in [6, 6.07) is 16.1. The van der Waals surface area contributed by atoms with Gasteiger partial charge in [-0.25, -0.2) is 5.01 Å². The third-order valence-electron chi connectivity index (χ3n) is 5.79. The molecule has 0 fully saturated rings. The van der Waals surface area contributed by atoms with Gasteiger partial charge in [-0.2, -0.15) is 0 Å². The summed E-state index contributed by atoms with van der Waals surface area (Å²) < 4.78 is 0. The van der Waals surface area contributed by atoms with Crippen LogP contribution in [-0.4, -0.2) is 53.9 Å². The van der Waals surface area contributed by atoms with E-state index in [9.17, 15) is 14.4 Å². The van der Waals surface area contributed by atoms with Crippen LogP contribution in [0.4, 0.5) is 0 Å². The summed E-state index contributed by atoms with van der Waals surface area (Å²) in [4.78, 5) is 42.1. The summed E-state index contributed by atoms with van der Waals surface area (Å²) in [6.07, 6.45) is 3.21. The van der Waals surface area contributed by atoms with Crippen LogP contribution in [0.2, 0.25) is 0 Å². The Balaban J connectivity index is 1.80. The molecule has 0 aliphatic heterocycles. The minimum Gasteiger partial charge on any atom is -0.361 e. The second-order valence-corrected chi connectivity index (χ2v) is 9.24. The van der Waals surface area contributed by atoms with Crippen molar-refractivity contribution >= 4 is 28.6 Å². The first-order valence-electron chi connectivity index (χ1n) is 11.9. The van der Waals surface area contributed by atoms with Gasteiger partial charge in [0.1, 0.15) is 12.1 Å². The van der Waals surface area contributed by atoms with Crippen molar-refractivity contribution in [3.05, 3.63) is 71.9 Å². The molecule has 0 saturated carbocycles. The predicted molar refractivity (Wildman–Crippen MR) is 137 cm³/mol. The highest BCUT2D eigenvalue weighted by molar-refractivity contribution is 5.93. The third kappa shape index (κ3) is 7.42. The SMILES string of the molecule is CC(C)C(=O)N[C@H](Cc1c[nH]c2ccccc12)C(=O)NC(CCc1ccccc1)C(=O)NN(C)C. The Morgan fingerprint density at radius 1 is 0.857 bits per heavy atom. The fourth-order valence-corrected chi connectivity index (χ4v) is 3.86. The molecule has 0 saturated heterocycles. The van der Waals surface area contributed by atoms with Gasteiger partial charge in [0.15, 0.2) is 0 Å². The van der Waals surface area contributed by atoms with Crippen molar-refractivity contribution in [3.63, 3.8) is 0 Å². The lowest BCUT2D eigenvalue weighted by atomic mass is 10.0. The van der Waals surface area contributed by atoms with E-state index in [1.807, 2.05) is 60.8 Å². The summed E-state index contributed by atoms with van der Waals surface area (Å²) in [7, 11) is 3.44. The Labute approximate surface area is 206 Å². The van der Waals surface area contributed by atoms with E-state index in [-0.39, 0.29) is 17.7 Å². The molecular weight excluding hydrogens is 442 g/mol. The van der Waals surface area contributed by atoms with Gasteiger partial charge in [-0.3, -0.25) is 19.8 Å². The highest BCUT2D eigenvalue weighted by Crippen LogP contribution is 2.19. The van der Waals surface area contributed by atoms with E-state index < -0.39 is 18.0 Å². The van der Waals surface area contributed by atoms with Gasteiger partial charge in [-0.05, 0) is 30.0 Å². The summed E-state index contributed by atoms with van der Waals surface area (Å²) in [5, 5.41) is 8.31. The van der Waals surface area contributed by atoms with Gasteiger partial charge in [0.25, 0.3) is 5.91 Å². The topological polar surface area (TPSA) is 106 Å². The summed E-state index contributed by atoms with van der Waals surface area (Å²) in [5.41, 5.74) is 5.70. The second-order valence-electron chi connectivity index (χ2n) is 9.24. The number of rotatable bonds is 11. The molecule has 0 aliphatic rings. The first kappa shape index (κ1) is 26.0. The fourth-order valence-electron chi connectivity index (χ4n) is 3.86. The number of H-pyrrole nitrogens is 1. The van der Waals surface area contributed by atoms with E-state index in [0.717, 1.165) is 22.0 Å². The molecule has 3 rings (SSSR count). The molecular formula is C27H35N5O3. The molecule has 3 amide bonds. The van der Waals surface area contributed by atoms with E-state index in [1.165, 1.54) is 0 Å². The van der Waals surface area contributed by atoms with Crippen molar-refractivity contribution in [2.45, 2.75) is 45.2 Å². The minimum absolute atomic E-state index is 0.219. The zero-order chi connectivity index (χ0) is 25.4. The fraction of sp³-hybridized carbons (Fsp3) is 0.370. The van der Waals surface area contributed by atoms with Crippen LogP contribution in [0, 0.1) is 5.92 Å². The molecule has 4 N–H and O–H groups in total. The van der Waals surface area contributed by atoms with Crippen molar-refractivity contribution in [1.82, 2.24) is 26.1 Å². The predicted octanol–water partition coefficient (Wildman–Crippen LogP) is 2.56. The molecule has 3 aromatic rings. The van der Waals surface area contributed by atoms with E-state index in [0.29, 0.717) is 19.3 Å². The molecule has 186 valence electrons. The van der Waals surface area contributed by atoms with E-state index >= 15 is 0 Å². The molecule has 0 spiro atoms. The molecule has 1 heterocycles. The van der Waals surface area contributed by atoms with Gasteiger partial charge in [0, 0.05) is 43.5 Å². The largest absolute Gasteiger partial charge is 0.361 e. The maximum atomic E-state index is 13.4. The number of benzene rings is 2. The zero-order valence-electron chi connectivity index (χ0n) is 20.8. The van der Waals surface area contributed by atoms with Crippen molar-refractivity contribution in [2.24, 2.45) is 5.92 Å². The molecule has 2 atom stereocenters. The highest BCUT2D eigenvalue weighted by atomic mass is 16.2. The van der Waals surface area contributed by atoms with E-state index in [1.54, 1.807) is 33.0 Å². The summed E-state index contributed by atoms with van der Waals surface area (Å²) >= 11 is 0. The number of fused-ring (bicyclic) bond motifs is 1. The number of para-hydroxylation sites is 1. The molecule has 0 radical (unpaired) electrons. The smallest absolute Gasteiger partial charge is 0.256 e. The number of nitrogens with zero attached hydrogens (tertiary/aromatic N) is 1. The Kier molecular flexibility index (Phi) is 9.03. The van der Waals surface area contributed by atoms with Crippen LogP contribution in [-0.2, 0) is 27.2 Å². The molecule has 1 unspecified atom stereocenters. The van der Waals surface area contributed by atoms with Crippen molar-refractivity contribution in [3.8, 4) is 0 Å². The van der Waals surface area contributed by atoms with Crippen molar-refractivity contribution in [2.75, 3.05) is 14.1 Å². The lowest BCUT2D eigenvalue weighted by Crippen LogP contribution is -2.56. The van der Waals surface area contributed by atoms with Crippen LogP contribution < -0.4 is 16.1 Å². The number of aromatic amines is 1. The summed E-state index contributed by atoms with van der Waals surface area (Å²) in [6.45, 7) is 3.56. The number of carbonyl (C=O) groups is 3. The number of hydrazine groups is 1. The lowest BCUT2D eigenvalue weighted by Gasteiger charge is -2.25. The van der Waals surface area contributed by atoms with Crippen LogP contribution >= 0.6 is 0 Å². The van der Waals surface area contributed by atoms with Crippen molar-refractivity contribution in [1.29, 1.82) is 0 Å². The molecule has 35 heavy (non-hydrogen) atoms. The number of hydrogen-bond acceptors (Lipinski definition) is 4.